The highest BCUT2D eigenvalue weighted by atomic mass is 35.5. The smallest absolute Gasteiger partial charge is 0.234 e. The summed E-state index contributed by atoms with van der Waals surface area (Å²) in [6.45, 7) is 5.23. The third kappa shape index (κ3) is 4.86. The van der Waals surface area contributed by atoms with Crippen molar-refractivity contribution in [1.82, 2.24) is 0 Å². The number of ether oxygens (including phenoxy) is 2. The second-order valence-corrected chi connectivity index (χ2v) is 7.71. The van der Waals surface area contributed by atoms with Crippen LogP contribution in [0.3, 0.4) is 0 Å². The fourth-order valence-electron chi connectivity index (χ4n) is 2.69. The topological polar surface area (TPSA) is 47.6 Å². The molecule has 1 amide bonds. The quantitative estimate of drug-likeness (QED) is 0.779. The monoisotopic (exact) mass is 391 g/mol. The Labute approximate surface area is 163 Å². The van der Waals surface area contributed by atoms with Crippen molar-refractivity contribution in [2.75, 3.05) is 24.3 Å². The van der Waals surface area contributed by atoms with Gasteiger partial charge in [0.1, 0.15) is 0 Å². The zero-order valence-corrected chi connectivity index (χ0v) is 16.5. The van der Waals surface area contributed by atoms with Crippen LogP contribution in [0.4, 0.5) is 5.69 Å². The summed E-state index contributed by atoms with van der Waals surface area (Å²) in [5.74, 6) is 2.34. The molecule has 0 atom stereocenters. The van der Waals surface area contributed by atoms with E-state index in [2.05, 4.69) is 5.32 Å². The summed E-state index contributed by atoms with van der Waals surface area (Å²) >= 11 is 7.85. The molecule has 0 saturated carbocycles. The maximum atomic E-state index is 12.2. The van der Waals surface area contributed by atoms with Crippen LogP contribution in [-0.2, 0) is 10.5 Å². The highest BCUT2D eigenvalue weighted by Crippen LogP contribution is 2.38. The molecule has 26 heavy (non-hydrogen) atoms. The summed E-state index contributed by atoms with van der Waals surface area (Å²) in [5, 5.41) is 3.53. The molecule has 0 fully saturated rings. The van der Waals surface area contributed by atoms with Gasteiger partial charge < -0.3 is 14.8 Å². The van der Waals surface area contributed by atoms with E-state index in [4.69, 9.17) is 21.1 Å². The molecule has 0 saturated heterocycles. The molecule has 1 heterocycles. The summed E-state index contributed by atoms with van der Waals surface area (Å²) in [7, 11) is 0. The molecule has 138 valence electrons. The lowest BCUT2D eigenvalue weighted by atomic mass is 10.1. The van der Waals surface area contributed by atoms with Crippen LogP contribution in [0.25, 0.3) is 0 Å². The van der Waals surface area contributed by atoms with Gasteiger partial charge >= 0.3 is 0 Å². The van der Waals surface area contributed by atoms with Gasteiger partial charge in [0, 0.05) is 17.9 Å². The zero-order valence-electron chi connectivity index (χ0n) is 14.9. The van der Waals surface area contributed by atoms with Crippen molar-refractivity contribution in [1.29, 1.82) is 0 Å². The van der Waals surface area contributed by atoms with E-state index in [1.165, 1.54) is 0 Å². The fourth-order valence-corrected chi connectivity index (χ4v) is 3.74. The number of benzene rings is 2. The predicted octanol–water partition coefficient (Wildman–Crippen LogP) is 4.99. The number of carbonyl (C=O) groups is 1. The van der Waals surface area contributed by atoms with E-state index in [9.17, 15) is 4.79 Å². The van der Waals surface area contributed by atoms with E-state index in [1.54, 1.807) is 11.8 Å². The van der Waals surface area contributed by atoms with Crippen molar-refractivity contribution in [3.63, 3.8) is 0 Å². The van der Waals surface area contributed by atoms with E-state index in [0.29, 0.717) is 41.2 Å². The molecule has 3 rings (SSSR count). The Morgan fingerprint density at radius 3 is 2.85 bits per heavy atom. The predicted molar refractivity (Wildman–Crippen MR) is 108 cm³/mol. The normalized spacial score (nSPS) is 13.2. The van der Waals surface area contributed by atoms with Crippen molar-refractivity contribution in [3.05, 3.63) is 52.0 Å². The lowest BCUT2D eigenvalue weighted by molar-refractivity contribution is -0.113. The average Bonchev–Trinajstić information content (AvgIpc) is 2.84. The van der Waals surface area contributed by atoms with Gasteiger partial charge in [0.15, 0.2) is 11.5 Å². The highest BCUT2D eigenvalue weighted by molar-refractivity contribution is 7.99. The molecule has 0 bridgehead atoms. The van der Waals surface area contributed by atoms with E-state index >= 15 is 0 Å². The van der Waals surface area contributed by atoms with Crippen LogP contribution in [0.2, 0.25) is 5.02 Å². The fraction of sp³-hybridized carbons (Fsp3) is 0.350. The number of amides is 1. The first-order valence-corrected chi connectivity index (χ1v) is 10.1. The summed E-state index contributed by atoms with van der Waals surface area (Å²) < 4.78 is 11.3. The number of halogens is 1. The summed E-state index contributed by atoms with van der Waals surface area (Å²) in [6.07, 6.45) is 0.841. The molecular weight excluding hydrogens is 370 g/mol. The first-order chi connectivity index (χ1) is 12.5. The van der Waals surface area contributed by atoms with Gasteiger partial charge in [0.2, 0.25) is 5.91 Å². The second kappa shape index (κ2) is 8.69. The zero-order chi connectivity index (χ0) is 18.5. The maximum Gasteiger partial charge on any atom is 0.234 e. The third-order valence-electron chi connectivity index (χ3n) is 4.03. The first kappa shape index (κ1) is 18.9. The van der Waals surface area contributed by atoms with Gasteiger partial charge in [-0.25, -0.2) is 0 Å². The number of fused-ring (bicyclic) bond motifs is 1. The van der Waals surface area contributed by atoms with Crippen molar-refractivity contribution >= 4 is 35.0 Å². The molecule has 0 aromatic heterocycles. The van der Waals surface area contributed by atoms with Gasteiger partial charge in [-0.1, -0.05) is 23.7 Å². The number of hydrogen-bond donors (Lipinski definition) is 1. The number of rotatable bonds is 5. The minimum atomic E-state index is -0.0101. The molecule has 0 unspecified atom stereocenters. The van der Waals surface area contributed by atoms with Gasteiger partial charge in [-0.3, -0.25) is 4.79 Å². The third-order valence-corrected chi connectivity index (χ3v) is 5.32. The Hall–Kier alpha value is -1.85. The summed E-state index contributed by atoms with van der Waals surface area (Å²) in [6, 6.07) is 9.86. The average molecular weight is 392 g/mol. The number of carbonyl (C=O) groups excluding carboxylic acids is 1. The Kier molecular flexibility index (Phi) is 6.33. The number of thioether (sulfide) groups is 1. The molecule has 1 aliphatic rings. The second-order valence-electron chi connectivity index (χ2n) is 6.31. The van der Waals surface area contributed by atoms with Crippen LogP contribution in [0.1, 0.15) is 23.1 Å². The molecule has 1 N–H and O–H groups in total. The minimum Gasteiger partial charge on any atom is -0.489 e. The molecule has 2 aromatic rings. The Balaban J connectivity index is 1.56. The van der Waals surface area contributed by atoms with Gasteiger partial charge in [-0.2, -0.15) is 0 Å². The van der Waals surface area contributed by atoms with Gasteiger partial charge in [0.25, 0.3) is 0 Å². The van der Waals surface area contributed by atoms with Crippen molar-refractivity contribution in [2.24, 2.45) is 0 Å². The van der Waals surface area contributed by atoms with Gasteiger partial charge in [-0.05, 0) is 48.7 Å². The standard InChI is InChI=1S/C20H22ClNO3S/c1-13-4-5-14(2)17(8-13)22-19(23)12-26-11-15-9-16(21)20-18(10-15)24-6-3-7-25-20/h4-5,8-10H,3,6-7,11-12H2,1-2H3,(H,22,23). The van der Waals surface area contributed by atoms with Crippen LogP contribution in [-0.4, -0.2) is 24.9 Å². The number of aryl methyl sites for hydroxylation is 2. The van der Waals surface area contributed by atoms with Crippen LogP contribution in [0.5, 0.6) is 11.5 Å². The van der Waals surface area contributed by atoms with Crippen LogP contribution in [0.15, 0.2) is 30.3 Å². The first-order valence-electron chi connectivity index (χ1n) is 8.56. The van der Waals surface area contributed by atoms with Gasteiger partial charge in [0.05, 0.1) is 24.0 Å². The number of hydrogen-bond acceptors (Lipinski definition) is 4. The molecule has 0 radical (unpaired) electrons. The molecule has 2 aromatic carbocycles. The lowest BCUT2D eigenvalue weighted by Crippen LogP contribution is -2.15. The van der Waals surface area contributed by atoms with Crippen molar-refractivity contribution in [2.45, 2.75) is 26.0 Å². The van der Waals surface area contributed by atoms with Crippen LogP contribution in [0, 0.1) is 13.8 Å². The molecule has 0 aliphatic carbocycles. The number of nitrogens with one attached hydrogen (secondary N) is 1. The Morgan fingerprint density at radius 1 is 1.19 bits per heavy atom. The van der Waals surface area contributed by atoms with E-state index < -0.39 is 0 Å². The minimum absolute atomic E-state index is 0.0101. The van der Waals surface area contributed by atoms with E-state index in [1.807, 2.05) is 44.2 Å². The van der Waals surface area contributed by atoms with E-state index in [-0.39, 0.29) is 5.91 Å². The summed E-state index contributed by atoms with van der Waals surface area (Å²) in [4.78, 5) is 12.2. The number of anilines is 1. The van der Waals surface area contributed by atoms with Crippen molar-refractivity contribution < 1.29 is 14.3 Å². The van der Waals surface area contributed by atoms with E-state index in [0.717, 1.165) is 28.8 Å². The molecule has 1 aliphatic heterocycles. The Morgan fingerprint density at radius 2 is 2.00 bits per heavy atom. The largest absolute Gasteiger partial charge is 0.489 e. The van der Waals surface area contributed by atoms with Crippen LogP contribution >= 0.6 is 23.4 Å². The molecule has 0 spiro atoms. The Bertz CT molecular complexity index is 810. The molecule has 4 nitrogen and oxygen atoms in total. The molecule has 6 heteroatoms. The molecular formula is C20H22ClNO3S. The highest BCUT2D eigenvalue weighted by Gasteiger charge is 2.16. The SMILES string of the molecule is Cc1ccc(C)c(NC(=O)CSCc2cc(Cl)c3c(c2)OCCCO3)c1. The maximum absolute atomic E-state index is 12.2. The van der Waals surface area contributed by atoms with Crippen molar-refractivity contribution in [3.8, 4) is 11.5 Å². The van der Waals surface area contributed by atoms with Crippen LogP contribution < -0.4 is 14.8 Å². The lowest BCUT2D eigenvalue weighted by Gasteiger charge is -2.12. The summed E-state index contributed by atoms with van der Waals surface area (Å²) in [5.41, 5.74) is 4.07. The van der Waals surface area contributed by atoms with Gasteiger partial charge in [-0.15, -0.1) is 11.8 Å².